The van der Waals surface area contributed by atoms with Crippen LogP contribution in [0.5, 0.6) is 0 Å². The van der Waals surface area contributed by atoms with Crippen LogP contribution in [0.3, 0.4) is 0 Å². The van der Waals surface area contributed by atoms with Crippen LogP contribution in [0.25, 0.3) is 0 Å². The average molecular weight is 623 g/mol. The molecule has 1 N–H and O–H groups in total. The van der Waals surface area contributed by atoms with E-state index >= 15 is 0 Å². The van der Waals surface area contributed by atoms with Crippen LogP contribution >= 0.6 is 0 Å². The zero-order valence-electron chi connectivity index (χ0n) is 29.4. The van der Waals surface area contributed by atoms with Crippen molar-refractivity contribution in [2.45, 2.75) is 213 Å². The third-order valence-electron chi connectivity index (χ3n) is 8.50. The first kappa shape index (κ1) is 42.6. The minimum Gasteiger partial charge on any atom is -0.463 e. The Morgan fingerprint density at radius 3 is 1.05 bits per heavy atom. The van der Waals surface area contributed by atoms with Crippen LogP contribution in [-0.2, 0) is 19.1 Å². The van der Waals surface area contributed by atoms with Gasteiger partial charge in [-0.1, -0.05) is 167 Å². The Balaban J connectivity index is 3.41. The lowest BCUT2D eigenvalue weighted by Gasteiger charge is -2.12. The second kappa shape index (κ2) is 36.1. The molecule has 0 aliphatic heterocycles. The number of allylic oxidation sites excluding steroid dienone is 2. The van der Waals surface area contributed by atoms with E-state index in [9.17, 15) is 14.7 Å². The summed E-state index contributed by atoms with van der Waals surface area (Å²) in [5.41, 5.74) is 0. The summed E-state index contributed by atoms with van der Waals surface area (Å²) in [7, 11) is 0. The SMILES string of the molecule is CCCCCCCC/C=C/CCCCCCCC(=O)OCC(O)COC(=O)CCCCCCCCCCCCCCCCC. The van der Waals surface area contributed by atoms with Crippen LogP contribution in [0.1, 0.15) is 206 Å². The molecule has 5 nitrogen and oxygen atoms in total. The molecule has 0 aliphatic carbocycles. The Bertz CT molecular complexity index is 632. The lowest BCUT2D eigenvalue weighted by atomic mass is 10.0. The highest BCUT2D eigenvalue weighted by molar-refractivity contribution is 5.69. The van der Waals surface area contributed by atoms with Crippen molar-refractivity contribution in [3.63, 3.8) is 0 Å². The fraction of sp³-hybridized carbons (Fsp3) is 0.897. The minimum atomic E-state index is -0.960. The van der Waals surface area contributed by atoms with Gasteiger partial charge in [-0.25, -0.2) is 0 Å². The summed E-state index contributed by atoms with van der Waals surface area (Å²) in [6.07, 6.45) is 39.7. The summed E-state index contributed by atoms with van der Waals surface area (Å²) in [5, 5.41) is 9.99. The summed E-state index contributed by atoms with van der Waals surface area (Å²) in [6.45, 7) is 4.30. The van der Waals surface area contributed by atoms with Crippen LogP contribution < -0.4 is 0 Å². The van der Waals surface area contributed by atoms with Crippen LogP contribution in [0.15, 0.2) is 12.2 Å². The molecule has 0 saturated heterocycles. The number of carbonyl (C=O) groups is 2. The average Bonchev–Trinajstić information content (AvgIpc) is 3.02. The molecule has 1 unspecified atom stereocenters. The molecule has 1 atom stereocenters. The smallest absolute Gasteiger partial charge is 0.305 e. The largest absolute Gasteiger partial charge is 0.463 e. The molecule has 0 aromatic rings. The van der Waals surface area contributed by atoms with Crippen molar-refractivity contribution >= 4 is 11.9 Å². The van der Waals surface area contributed by atoms with E-state index in [-0.39, 0.29) is 25.2 Å². The third kappa shape index (κ3) is 35.1. The second-order valence-corrected chi connectivity index (χ2v) is 13.1. The fourth-order valence-corrected chi connectivity index (χ4v) is 5.55. The summed E-state index contributed by atoms with van der Waals surface area (Å²) in [6, 6.07) is 0. The van der Waals surface area contributed by atoms with Gasteiger partial charge in [0.1, 0.15) is 19.3 Å². The van der Waals surface area contributed by atoms with E-state index < -0.39 is 6.10 Å². The fourth-order valence-electron chi connectivity index (χ4n) is 5.55. The minimum absolute atomic E-state index is 0.113. The highest BCUT2D eigenvalue weighted by Gasteiger charge is 2.12. The Morgan fingerprint density at radius 1 is 0.455 bits per heavy atom. The maximum Gasteiger partial charge on any atom is 0.305 e. The first-order chi connectivity index (χ1) is 21.6. The van der Waals surface area contributed by atoms with Gasteiger partial charge < -0.3 is 14.6 Å². The topological polar surface area (TPSA) is 72.8 Å². The first-order valence-corrected chi connectivity index (χ1v) is 19.2. The highest BCUT2D eigenvalue weighted by Crippen LogP contribution is 2.14. The van der Waals surface area contributed by atoms with Gasteiger partial charge in [-0.05, 0) is 38.5 Å². The molecule has 260 valence electrons. The van der Waals surface area contributed by atoms with Crippen molar-refractivity contribution in [1.82, 2.24) is 0 Å². The molecular formula is C39H74O5. The van der Waals surface area contributed by atoms with Crippen molar-refractivity contribution in [3.8, 4) is 0 Å². The number of ether oxygens (including phenoxy) is 2. The van der Waals surface area contributed by atoms with Gasteiger partial charge in [0.25, 0.3) is 0 Å². The van der Waals surface area contributed by atoms with Crippen molar-refractivity contribution in [1.29, 1.82) is 0 Å². The van der Waals surface area contributed by atoms with Crippen LogP contribution in [0.4, 0.5) is 0 Å². The van der Waals surface area contributed by atoms with E-state index in [1.54, 1.807) is 0 Å². The monoisotopic (exact) mass is 623 g/mol. The molecule has 0 heterocycles. The number of carbonyl (C=O) groups excluding carboxylic acids is 2. The van der Waals surface area contributed by atoms with Crippen molar-refractivity contribution < 1.29 is 24.2 Å². The number of aliphatic hydroxyl groups is 1. The molecule has 0 spiro atoms. The van der Waals surface area contributed by atoms with Gasteiger partial charge in [-0.3, -0.25) is 9.59 Å². The molecule has 0 saturated carbocycles. The van der Waals surface area contributed by atoms with Crippen molar-refractivity contribution in [2.24, 2.45) is 0 Å². The zero-order valence-corrected chi connectivity index (χ0v) is 29.4. The van der Waals surface area contributed by atoms with Gasteiger partial charge in [-0.2, -0.15) is 0 Å². The van der Waals surface area contributed by atoms with E-state index in [0.717, 1.165) is 38.5 Å². The molecule has 0 aliphatic rings. The molecular weight excluding hydrogens is 548 g/mol. The van der Waals surface area contributed by atoms with Crippen molar-refractivity contribution in [3.05, 3.63) is 12.2 Å². The lowest BCUT2D eigenvalue weighted by Crippen LogP contribution is -2.25. The summed E-state index contributed by atoms with van der Waals surface area (Å²) >= 11 is 0. The normalized spacial score (nSPS) is 12.2. The Morgan fingerprint density at radius 2 is 0.727 bits per heavy atom. The number of rotatable bonds is 35. The number of hydrogen-bond donors (Lipinski definition) is 1. The molecule has 0 amide bonds. The molecule has 0 aromatic carbocycles. The maximum absolute atomic E-state index is 11.9. The first-order valence-electron chi connectivity index (χ1n) is 19.2. The molecule has 0 bridgehead atoms. The number of unbranched alkanes of at least 4 members (excludes halogenated alkanes) is 25. The van der Waals surface area contributed by atoms with Crippen LogP contribution in [-0.4, -0.2) is 36.4 Å². The molecule has 0 fully saturated rings. The standard InChI is InChI=1S/C39H74O5/c1-3-5-7-9-11-13-15-17-19-21-23-25-27-29-31-33-38(41)43-35-37(40)36-44-39(42)34-32-30-28-26-24-22-20-18-16-14-12-10-8-6-4-2/h17,19,37,40H,3-16,18,20-36H2,1-2H3/b19-17+. The van der Waals surface area contributed by atoms with Gasteiger partial charge >= 0.3 is 11.9 Å². The van der Waals surface area contributed by atoms with E-state index in [1.165, 1.54) is 141 Å². The summed E-state index contributed by atoms with van der Waals surface area (Å²) < 4.78 is 10.3. The molecule has 44 heavy (non-hydrogen) atoms. The van der Waals surface area contributed by atoms with Gasteiger partial charge in [0.15, 0.2) is 0 Å². The Kier molecular flexibility index (Phi) is 35.0. The number of hydrogen-bond acceptors (Lipinski definition) is 5. The predicted molar refractivity (Wildman–Crippen MR) is 187 cm³/mol. The molecule has 0 rings (SSSR count). The quantitative estimate of drug-likeness (QED) is 0.0432. The van der Waals surface area contributed by atoms with Crippen molar-refractivity contribution in [2.75, 3.05) is 13.2 Å². The third-order valence-corrected chi connectivity index (χ3v) is 8.50. The van der Waals surface area contributed by atoms with Crippen LogP contribution in [0.2, 0.25) is 0 Å². The number of esters is 2. The summed E-state index contributed by atoms with van der Waals surface area (Å²) in [4.78, 5) is 23.9. The van der Waals surface area contributed by atoms with E-state index in [1.807, 2.05) is 0 Å². The zero-order chi connectivity index (χ0) is 32.2. The molecule has 0 aromatic heterocycles. The van der Waals surface area contributed by atoms with Crippen LogP contribution in [0, 0.1) is 0 Å². The van der Waals surface area contributed by atoms with Gasteiger partial charge in [0.2, 0.25) is 0 Å². The number of aliphatic hydroxyl groups excluding tert-OH is 1. The van der Waals surface area contributed by atoms with Gasteiger partial charge in [0.05, 0.1) is 0 Å². The van der Waals surface area contributed by atoms with Gasteiger partial charge in [-0.15, -0.1) is 0 Å². The van der Waals surface area contributed by atoms with E-state index in [2.05, 4.69) is 26.0 Å². The summed E-state index contributed by atoms with van der Waals surface area (Å²) in [5.74, 6) is -0.566. The molecule has 0 radical (unpaired) electrons. The maximum atomic E-state index is 11.9. The molecule has 5 heteroatoms. The highest BCUT2D eigenvalue weighted by atomic mass is 16.6. The van der Waals surface area contributed by atoms with E-state index in [0.29, 0.717) is 12.8 Å². The Hall–Kier alpha value is -1.36. The lowest BCUT2D eigenvalue weighted by molar-refractivity contribution is -0.152. The predicted octanol–water partition coefficient (Wildman–Crippen LogP) is 11.7. The van der Waals surface area contributed by atoms with E-state index in [4.69, 9.17) is 9.47 Å². The van der Waals surface area contributed by atoms with Gasteiger partial charge in [0, 0.05) is 12.8 Å². The Labute approximate surface area is 273 Å². The second-order valence-electron chi connectivity index (χ2n) is 13.1.